The zero-order valence-electron chi connectivity index (χ0n) is 12.6. The first-order valence-electron chi connectivity index (χ1n) is 7.21. The van der Waals surface area contributed by atoms with Crippen molar-refractivity contribution in [2.75, 3.05) is 6.54 Å². The van der Waals surface area contributed by atoms with E-state index in [2.05, 4.69) is 12.2 Å². The SMILES string of the molecule is CCCCCC(C)NC(=O)N(CC)C(C)CC(=O)O. The molecule has 0 spiro atoms. The summed E-state index contributed by atoms with van der Waals surface area (Å²) in [5.74, 6) is -0.880. The molecule has 5 nitrogen and oxygen atoms in total. The zero-order chi connectivity index (χ0) is 14.8. The Morgan fingerprint density at radius 2 is 1.84 bits per heavy atom. The predicted molar refractivity (Wildman–Crippen MR) is 76.2 cm³/mol. The van der Waals surface area contributed by atoms with Gasteiger partial charge in [-0.1, -0.05) is 26.2 Å². The maximum absolute atomic E-state index is 12.1. The molecular weight excluding hydrogens is 244 g/mol. The third-order valence-corrected chi connectivity index (χ3v) is 3.21. The summed E-state index contributed by atoms with van der Waals surface area (Å²) in [5.41, 5.74) is 0. The Labute approximate surface area is 116 Å². The summed E-state index contributed by atoms with van der Waals surface area (Å²) < 4.78 is 0. The maximum atomic E-state index is 12.1. The van der Waals surface area contributed by atoms with Crippen LogP contribution in [0.4, 0.5) is 4.79 Å². The lowest BCUT2D eigenvalue weighted by molar-refractivity contribution is -0.138. The Bertz CT molecular complexity index is 282. The number of carbonyl (C=O) groups excluding carboxylic acids is 1. The predicted octanol–water partition coefficient (Wildman–Crippen LogP) is 2.85. The van der Waals surface area contributed by atoms with Gasteiger partial charge in [-0.05, 0) is 27.2 Å². The van der Waals surface area contributed by atoms with Crippen LogP contribution in [0, 0.1) is 0 Å². The van der Waals surface area contributed by atoms with Crippen LogP contribution in [0.3, 0.4) is 0 Å². The third kappa shape index (κ3) is 7.70. The number of rotatable bonds is 9. The van der Waals surface area contributed by atoms with Gasteiger partial charge in [0.15, 0.2) is 0 Å². The highest BCUT2D eigenvalue weighted by Crippen LogP contribution is 2.07. The summed E-state index contributed by atoms with van der Waals surface area (Å²) in [6.07, 6.45) is 4.38. The van der Waals surface area contributed by atoms with Gasteiger partial charge in [0.2, 0.25) is 0 Å². The van der Waals surface area contributed by atoms with Crippen molar-refractivity contribution in [1.29, 1.82) is 0 Å². The molecule has 0 rings (SSSR count). The zero-order valence-corrected chi connectivity index (χ0v) is 12.6. The topological polar surface area (TPSA) is 69.6 Å². The highest BCUT2D eigenvalue weighted by Gasteiger charge is 2.21. The number of carboxylic acids is 1. The van der Waals surface area contributed by atoms with Crippen molar-refractivity contribution in [3.05, 3.63) is 0 Å². The molecule has 0 aromatic heterocycles. The van der Waals surface area contributed by atoms with Crippen LogP contribution in [0.25, 0.3) is 0 Å². The van der Waals surface area contributed by atoms with E-state index in [0.29, 0.717) is 6.54 Å². The van der Waals surface area contributed by atoms with Crippen molar-refractivity contribution in [3.8, 4) is 0 Å². The van der Waals surface area contributed by atoms with Crippen LogP contribution in [-0.2, 0) is 4.79 Å². The lowest BCUT2D eigenvalue weighted by Gasteiger charge is -2.28. The van der Waals surface area contributed by atoms with Crippen molar-refractivity contribution in [3.63, 3.8) is 0 Å². The van der Waals surface area contributed by atoms with Crippen molar-refractivity contribution in [1.82, 2.24) is 10.2 Å². The highest BCUT2D eigenvalue weighted by atomic mass is 16.4. The molecule has 112 valence electrons. The number of carboxylic acid groups (broad SMARTS) is 1. The first-order chi connectivity index (χ1) is 8.92. The Balaban J connectivity index is 4.23. The summed E-state index contributed by atoms with van der Waals surface area (Å²) in [5, 5.41) is 11.7. The van der Waals surface area contributed by atoms with Crippen molar-refractivity contribution in [2.45, 2.75) is 71.9 Å². The molecule has 0 aliphatic carbocycles. The molecule has 0 aliphatic heterocycles. The fraction of sp³-hybridized carbons (Fsp3) is 0.857. The molecule has 0 radical (unpaired) electrons. The van der Waals surface area contributed by atoms with Crippen LogP contribution in [-0.4, -0.2) is 40.6 Å². The number of aliphatic carboxylic acids is 1. The number of amides is 2. The third-order valence-electron chi connectivity index (χ3n) is 3.21. The minimum atomic E-state index is -0.880. The van der Waals surface area contributed by atoms with Gasteiger partial charge in [0.25, 0.3) is 0 Å². The first-order valence-corrected chi connectivity index (χ1v) is 7.21. The fourth-order valence-corrected chi connectivity index (χ4v) is 2.08. The number of nitrogens with zero attached hydrogens (tertiary/aromatic N) is 1. The molecule has 19 heavy (non-hydrogen) atoms. The second-order valence-electron chi connectivity index (χ2n) is 5.08. The second kappa shape index (κ2) is 9.64. The minimum absolute atomic E-state index is 0.0223. The van der Waals surface area contributed by atoms with Gasteiger partial charge in [-0.2, -0.15) is 0 Å². The molecule has 2 N–H and O–H groups in total. The highest BCUT2D eigenvalue weighted by molar-refractivity contribution is 5.76. The van der Waals surface area contributed by atoms with Crippen molar-refractivity contribution in [2.24, 2.45) is 0 Å². The minimum Gasteiger partial charge on any atom is -0.481 e. The van der Waals surface area contributed by atoms with E-state index < -0.39 is 5.97 Å². The number of hydrogen-bond donors (Lipinski definition) is 2. The first kappa shape index (κ1) is 17.7. The van der Waals surface area contributed by atoms with Crippen LogP contribution in [0.15, 0.2) is 0 Å². The normalized spacial score (nSPS) is 13.7. The summed E-state index contributed by atoms with van der Waals surface area (Å²) in [6, 6.07) is -0.323. The van der Waals surface area contributed by atoms with Gasteiger partial charge in [-0.3, -0.25) is 4.79 Å². The van der Waals surface area contributed by atoms with Crippen molar-refractivity contribution < 1.29 is 14.7 Å². The summed E-state index contributed by atoms with van der Waals surface area (Å²) in [4.78, 5) is 24.3. The van der Waals surface area contributed by atoms with Crippen molar-refractivity contribution >= 4 is 12.0 Å². The van der Waals surface area contributed by atoms with E-state index in [-0.39, 0.29) is 24.5 Å². The average Bonchev–Trinajstić information content (AvgIpc) is 2.28. The maximum Gasteiger partial charge on any atom is 0.317 e. The molecule has 0 aromatic rings. The molecule has 0 bridgehead atoms. The molecule has 2 atom stereocenters. The van der Waals surface area contributed by atoms with Crippen LogP contribution in [0.1, 0.15) is 59.8 Å². The van der Waals surface area contributed by atoms with Crippen LogP contribution in [0.2, 0.25) is 0 Å². The smallest absolute Gasteiger partial charge is 0.317 e. The fourth-order valence-electron chi connectivity index (χ4n) is 2.08. The van der Waals surface area contributed by atoms with E-state index in [1.807, 2.05) is 13.8 Å². The largest absolute Gasteiger partial charge is 0.481 e. The number of hydrogen-bond acceptors (Lipinski definition) is 2. The standard InChI is InChI=1S/C14H28N2O3/c1-5-7-8-9-11(3)15-14(19)16(6-2)12(4)10-13(17)18/h11-12H,5-10H2,1-4H3,(H,15,19)(H,17,18). The quantitative estimate of drug-likeness (QED) is 0.634. The Hall–Kier alpha value is -1.26. The number of urea groups is 1. The Kier molecular flexibility index (Phi) is 9.00. The van der Waals surface area contributed by atoms with Gasteiger partial charge in [-0.15, -0.1) is 0 Å². The molecular formula is C14H28N2O3. The second-order valence-corrected chi connectivity index (χ2v) is 5.08. The van der Waals surface area contributed by atoms with E-state index in [1.165, 1.54) is 6.42 Å². The van der Waals surface area contributed by atoms with Gasteiger partial charge in [0, 0.05) is 18.6 Å². The van der Waals surface area contributed by atoms with Crippen LogP contribution >= 0.6 is 0 Å². The van der Waals surface area contributed by atoms with Crippen LogP contribution < -0.4 is 5.32 Å². The molecule has 0 fully saturated rings. The van der Waals surface area contributed by atoms with E-state index >= 15 is 0 Å². The summed E-state index contributed by atoms with van der Waals surface area (Å²) in [7, 11) is 0. The van der Waals surface area contributed by atoms with E-state index in [4.69, 9.17) is 5.11 Å². The number of carbonyl (C=O) groups is 2. The molecule has 5 heteroatoms. The molecule has 0 aliphatic rings. The summed E-state index contributed by atoms with van der Waals surface area (Å²) >= 11 is 0. The van der Waals surface area contributed by atoms with Gasteiger partial charge in [0.1, 0.15) is 0 Å². The van der Waals surface area contributed by atoms with Crippen LogP contribution in [0.5, 0.6) is 0 Å². The number of nitrogens with one attached hydrogen (secondary N) is 1. The summed E-state index contributed by atoms with van der Waals surface area (Å²) in [6.45, 7) is 8.28. The number of unbranched alkanes of at least 4 members (excludes halogenated alkanes) is 2. The van der Waals surface area contributed by atoms with Gasteiger partial charge in [0.05, 0.1) is 6.42 Å². The molecule has 0 saturated heterocycles. The van der Waals surface area contributed by atoms with E-state index in [1.54, 1.807) is 11.8 Å². The Morgan fingerprint density at radius 3 is 2.32 bits per heavy atom. The average molecular weight is 272 g/mol. The lowest BCUT2D eigenvalue weighted by atomic mass is 10.1. The Morgan fingerprint density at radius 1 is 1.21 bits per heavy atom. The molecule has 2 amide bonds. The molecule has 0 saturated carbocycles. The van der Waals surface area contributed by atoms with Gasteiger partial charge >= 0.3 is 12.0 Å². The lowest BCUT2D eigenvalue weighted by Crippen LogP contribution is -2.48. The molecule has 0 heterocycles. The molecule has 2 unspecified atom stereocenters. The van der Waals surface area contributed by atoms with Gasteiger partial charge in [-0.25, -0.2) is 4.79 Å². The van der Waals surface area contributed by atoms with E-state index in [0.717, 1.165) is 19.3 Å². The monoisotopic (exact) mass is 272 g/mol. The van der Waals surface area contributed by atoms with E-state index in [9.17, 15) is 9.59 Å². The molecule has 0 aromatic carbocycles. The van der Waals surface area contributed by atoms with Gasteiger partial charge < -0.3 is 15.3 Å².